The molecule has 0 aliphatic rings. The molecule has 0 aliphatic heterocycles. The van der Waals surface area contributed by atoms with E-state index in [1.807, 2.05) is 0 Å². The molecule has 0 fully saturated rings. The van der Waals surface area contributed by atoms with Gasteiger partial charge in [-0.2, -0.15) is 0 Å². The third kappa shape index (κ3) is 63.0. The number of ether oxygens (including phenoxy) is 3. The van der Waals surface area contributed by atoms with Gasteiger partial charge in [0, 0.05) is 19.3 Å². The number of unbranched alkanes of at least 4 members (excludes halogenated alkanes) is 32. The lowest BCUT2D eigenvalue weighted by molar-refractivity contribution is -0.167. The van der Waals surface area contributed by atoms with E-state index in [1.54, 1.807) is 0 Å². The Morgan fingerprint density at radius 3 is 0.844 bits per heavy atom. The lowest BCUT2D eigenvalue weighted by Gasteiger charge is -2.18. The smallest absolute Gasteiger partial charge is 0.306 e. The van der Waals surface area contributed by atoms with E-state index in [2.05, 4.69) is 118 Å². The molecule has 0 radical (unpaired) electrons. The fourth-order valence-electron chi connectivity index (χ4n) is 9.15. The highest BCUT2D eigenvalue weighted by Crippen LogP contribution is 2.16. The normalized spacial score (nSPS) is 12.7. The average Bonchev–Trinajstić information content (AvgIpc) is 3.43. The van der Waals surface area contributed by atoms with E-state index >= 15 is 0 Å². The van der Waals surface area contributed by atoms with Crippen LogP contribution in [0.2, 0.25) is 0 Å². The van der Waals surface area contributed by atoms with Gasteiger partial charge in [-0.1, -0.05) is 279 Å². The second-order valence-electron chi connectivity index (χ2n) is 21.6. The van der Waals surface area contributed by atoms with Crippen molar-refractivity contribution in [2.24, 2.45) is 0 Å². The maximum Gasteiger partial charge on any atom is 0.306 e. The number of rotatable bonds is 59. The van der Waals surface area contributed by atoms with Gasteiger partial charge in [0.15, 0.2) is 6.10 Å². The Kier molecular flexibility index (Phi) is 61.8. The molecule has 6 nitrogen and oxygen atoms in total. The van der Waals surface area contributed by atoms with E-state index in [4.69, 9.17) is 14.2 Å². The molecule has 0 spiro atoms. The number of carbonyl (C=O) groups is 3. The monoisotopic (exact) mass is 1070 g/mol. The molecule has 0 N–H and O–H groups in total. The number of hydrogen-bond donors (Lipinski definition) is 0. The van der Waals surface area contributed by atoms with Gasteiger partial charge in [-0.3, -0.25) is 14.4 Å². The second-order valence-corrected chi connectivity index (χ2v) is 21.6. The van der Waals surface area contributed by atoms with Gasteiger partial charge in [0.2, 0.25) is 0 Å². The first kappa shape index (κ1) is 73.3. The van der Waals surface area contributed by atoms with Crippen molar-refractivity contribution < 1.29 is 28.6 Å². The standard InChI is InChI=1S/C71H122O6/c1-4-7-10-13-16-19-22-25-27-29-31-33-34-35-36-38-39-41-43-46-49-52-55-58-61-64-70(73)76-67-68(66-75-69(72)63-60-57-54-51-48-45-24-21-18-15-12-9-6-3)77-71(74)65-62-59-56-53-50-47-44-42-40-37-32-30-28-26-23-20-17-14-11-8-5-2/h7,10,12,15-16,19,21,23-27,30-33,68H,4-6,8-9,11,13-14,17-18,20,22,28-29,34-67H2,1-3H3/b10-7-,15-12-,19-16-,24-21-,26-23-,27-25-,32-30-,33-31-. The lowest BCUT2D eigenvalue weighted by Crippen LogP contribution is -2.30. The summed E-state index contributed by atoms with van der Waals surface area (Å²) in [4.78, 5) is 38.3. The zero-order chi connectivity index (χ0) is 55.7. The predicted octanol–water partition coefficient (Wildman–Crippen LogP) is 22.4. The van der Waals surface area contributed by atoms with Gasteiger partial charge < -0.3 is 14.2 Å². The van der Waals surface area contributed by atoms with Crippen LogP contribution < -0.4 is 0 Å². The van der Waals surface area contributed by atoms with E-state index < -0.39 is 6.10 Å². The van der Waals surface area contributed by atoms with Crippen LogP contribution in [0.5, 0.6) is 0 Å². The summed E-state index contributed by atoms with van der Waals surface area (Å²) in [5, 5.41) is 0. The maximum absolute atomic E-state index is 12.9. The van der Waals surface area contributed by atoms with Crippen molar-refractivity contribution >= 4 is 17.9 Å². The summed E-state index contributed by atoms with van der Waals surface area (Å²) in [5.74, 6) is -0.894. The quantitative estimate of drug-likeness (QED) is 0.0261. The zero-order valence-electron chi connectivity index (χ0n) is 50.7. The number of hydrogen-bond acceptors (Lipinski definition) is 6. The molecule has 0 aromatic rings. The predicted molar refractivity (Wildman–Crippen MR) is 334 cm³/mol. The molecular formula is C71H122O6. The highest BCUT2D eigenvalue weighted by atomic mass is 16.6. The van der Waals surface area contributed by atoms with Gasteiger partial charge in [0.1, 0.15) is 13.2 Å². The first-order valence-electron chi connectivity index (χ1n) is 32.7. The molecule has 0 aliphatic carbocycles. The summed E-state index contributed by atoms with van der Waals surface area (Å²) >= 11 is 0. The van der Waals surface area contributed by atoms with Crippen molar-refractivity contribution in [3.63, 3.8) is 0 Å². The van der Waals surface area contributed by atoms with Crippen LogP contribution in [0.25, 0.3) is 0 Å². The summed E-state index contributed by atoms with van der Waals surface area (Å²) in [6.07, 6.45) is 87.0. The third-order valence-electron chi connectivity index (χ3n) is 14.0. The van der Waals surface area contributed by atoms with Crippen molar-refractivity contribution in [2.75, 3.05) is 13.2 Å². The van der Waals surface area contributed by atoms with E-state index in [1.165, 1.54) is 154 Å². The van der Waals surface area contributed by atoms with E-state index in [-0.39, 0.29) is 31.1 Å². The molecule has 0 amide bonds. The van der Waals surface area contributed by atoms with Crippen LogP contribution >= 0.6 is 0 Å². The summed E-state index contributed by atoms with van der Waals surface area (Å²) in [6, 6.07) is 0. The van der Waals surface area contributed by atoms with E-state index in [0.29, 0.717) is 19.3 Å². The summed E-state index contributed by atoms with van der Waals surface area (Å²) in [6.45, 7) is 6.47. The van der Waals surface area contributed by atoms with Gasteiger partial charge in [0.05, 0.1) is 0 Å². The van der Waals surface area contributed by atoms with Gasteiger partial charge >= 0.3 is 17.9 Å². The molecule has 6 heteroatoms. The molecule has 0 aromatic heterocycles. The Bertz CT molecular complexity index is 1510. The molecule has 77 heavy (non-hydrogen) atoms. The highest BCUT2D eigenvalue weighted by Gasteiger charge is 2.19. The van der Waals surface area contributed by atoms with Crippen LogP contribution in [-0.4, -0.2) is 37.2 Å². The second kappa shape index (κ2) is 64.9. The molecular weight excluding hydrogens is 949 g/mol. The molecule has 0 saturated heterocycles. The van der Waals surface area contributed by atoms with Crippen LogP contribution in [0.4, 0.5) is 0 Å². The Morgan fingerprint density at radius 1 is 0.273 bits per heavy atom. The van der Waals surface area contributed by atoms with Gasteiger partial charge in [0.25, 0.3) is 0 Å². The first-order valence-corrected chi connectivity index (χ1v) is 32.7. The zero-order valence-corrected chi connectivity index (χ0v) is 50.7. The highest BCUT2D eigenvalue weighted by molar-refractivity contribution is 5.71. The van der Waals surface area contributed by atoms with Crippen LogP contribution in [-0.2, 0) is 28.6 Å². The minimum absolute atomic E-state index is 0.0838. The minimum Gasteiger partial charge on any atom is -0.462 e. The van der Waals surface area contributed by atoms with Crippen molar-refractivity contribution in [2.45, 2.75) is 322 Å². The number of carbonyl (C=O) groups excluding carboxylic acids is 3. The molecule has 1 atom stereocenters. The SMILES string of the molecule is CC/C=C\C/C=C\C/C=C\C/C=C\CCCCCCCCCCCCCCC(=O)OCC(COC(=O)CCCCCCC/C=C\C/C=C\CCC)OC(=O)CCCCCCCCCCC/C=C\C/C=C\CCCCCCC. The van der Waals surface area contributed by atoms with Gasteiger partial charge in [-0.15, -0.1) is 0 Å². The van der Waals surface area contributed by atoms with Crippen LogP contribution in [0, 0.1) is 0 Å². The minimum atomic E-state index is -0.788. The van der Waals surface area contributed by atoms with Crippen molar-refractivity contribution in [3.8, 4) is 0 Å². The van der Waals surface area contributed by atoms with Gasteiger partial charge in [-0.05, 0) is 116 Å². The summed E-state index contributed by atoms with van der Waals surface area (Å²) in [7, 11) is 0. The maximum atomic E-state index is 12.9. The molecule has 0 aromatic carbocycles. The molecule has 0 bridgehead atoms. The molecule has 0 rings (SSSR count). The Morgan fingerprint density at radius 2 is 0.532 bits per heavy atom. The Labute approximate surface area is 477 Å². The third-order valence-corrected chi connectivity index (χ3v) is 14.0. The summed E-state index contributed by atoms with van der Waals surface area (Å²) in [5.41, 5.74) is 0. The van der Waals surface area contributed by atoms with Crippen LogP contribution in [0.1, 0.15) is 316 Å². The Balaban J connectivity index is 4.32. The van der Waals surface area contributed by atoms with Crippen LogP contribution in [0.3, 0.4) is 0 Å². The molecule has 1 unspecified atom stereocenters. The van der Waals surface area contributed by atoms with Crippen molar-refractivity contribution in [1.29, 1.82) is 0 Å². The van der Waals surface area contributed by atoms with Gasteiger partial charge in [-0.25, -0.2) is 0 Å². The van der Waals surface area contributed by atoms with Crippen molar-refractivity contribution in [3.05, 3.63) is 97.2 Å². The fourth-order valence-corrected chi connectivity index (χ4v) is 9.15. The summed E-state index contributed by atoms with van der Waals surface area (Å²) < 4.78 is 16.9. The molecule has 442 valence electrons. The molecule has 0 saturated carbocycles. The lowest BCUT2D eigenvalue weighted by atomic mass is 10.0. The molecule has 0 heterocycles. The average molecular weight is 1070 g/mol. The number of esters is 3. The topological polar surface area (TPSA) is 78.9 Å². The fraction of sp³-hybridized carbons (Fsp3) is 0.732. The van der Waals surface area contributed by atoms with E-state index in [9.17, 15) is 14.4 Å². The van der Waals surface area contributed by atoms with Crippen LogP contribution in [0.15, 0.2) is 97.2 Å². The van der Waals surface area contributed by atoms with Crippen molar-refractivity contribution in [1.82, 2.24) is 0 Å². The largest absolute Gasteiger partial charge is 0.462 e. The first-order chi connectivity index (χ1) is 38.0. The number of allylic oxidation sites excluding steroid dienone is 16. The van der Waals surface area contributed by atoms with E-state index in [0.717, 1.165) is 122 Å². The Hall–Kier alpha value is -3.67.